The monoisotopic (exact) mass is 408 g/mol. The number of carbonyl (C=O) groups excluding carboxylic acids is 1. The summed E-state index contributed by atoms with van der Waals surface area (Å²) in [5.41, 5.74) is 5.58. The summed E-state index contributed by atoms with van der Waals surface area (Å²) in [7, 11) is 1.66. The molecule has 1 unspecified atom stereocenters. The SMILES string of the molecule is COc1ccc(C2c3[nH]c4ccccc4c3CCN2C(=O)/C=C/c2ccccc2)cc1. The van der Waals surface area contributed by atoms with Crippen molar-refractivity contribution in [2.45, 2.75) is 12.5 Å². The number of nitrogens with one attached hydrogen (secondary N) is 1. The number of hydrogen-bond donors (Lipinski definition) is 1. The quantitative estimate of drug-likeness (QED) is 0.462. The van der Waals surface area contributed by atoms with Crippen molar-refractivity contribution in [1.82, 2.24) is 9.88 Å². The van der Waals surface area contributed by atoms with Gasteiger partial charge in [-0.25, -0.2) is 0 Å². The second-order valence-electron chi connectivity index (χ2n) is 7.76. The highest BCUT2D eigenvalue weighted by Gasteiger charge is 2.33. The Morgan fingerprint density at radius 2 is 1.74 bits per heavy atom. The molecular weight excluding hydrogens is 384 g/mol. The minimum Gasteiger partial charge on any atom is -0.497 e. The second kappa shape index (κ2) is 8.15. The van der Waals surface area contributed by atoms with Crippen LogP contribution in [0.25, 0.3) is 17.0 Å². The molecule has 2 heterocycles. The van der Waals surface area contributed by atoms with Gasteiger partial charge in [0.25, 0.3) is 0 Å². The molecule has 31 heavy (non-hydrogen) atoms. The van der Waals surface area contributed by atoms with Gasteiger partial charge in [-0.15, -0.1) is 0 Å². The number of methoxy groups -OCH3 is 1. The van der Waals surface area contributed by atoms with E-state index >= 15 is 0 Å². The third-order valence-corrected chi connectivity index (χ3v) is 5.97. The molecule has 1 aliphatic rings. The third kappa shape index (κ3) is 3.61. The Hall–Kier alpha value is -3.79. The van der Waals surface area contributed by atoms with Crippen LogP contribution in [0.1, 0.15) is 28.4 Å². The molecule has 1 amide bonds. The molecule has 1 N–H and O–H groups in total. The van der Waals surface area contributed by atoms with Crippen LogP contribution in [0, 0.1) is 0 Å². The minimum absolute atomic E-state index is 0.00831. The molecule has 4 heteroatoms. The lowest BCUT2D eigenvalue weighted by molar-refractivity contribution is -0.128. The molecule has 3 aromatic carbocycles. The van der Waals surface area contributed by atoms with E-state index in [9.17, 15) is 4.79 Å². The van der Waals surface area contributed by atoms with Gasteiger partial charge in [-0.1, -0.05) is 60.7 Å². The maximum Gasteiger partial charge on any atom is 0.247 e. The number of hydrogen-bond acceptors (Lipinski definition) is 2. The normalized spacial score (nSPS) is 15.9. The summed E-state index contributed by atoms with van der Waals surface area (Å²) in [6.07, 6.45) is 4.39. The first-order chi connectivity index (χ1) is 15.2. The van der Waals surface area contributed by atoms with E-state index in [1.54, 1.807) is 13.2 Å². The highest BCUT2D eigenvalue weighted by atomic mass is 16.5. The number of H-pyrrole nitrogens is 1. The fourth-order valence-corrected chi connectivity index (χ4v) is 4.44. The number of amides is 1. The van der Waals surface area contributed by atoms with Crippen molar-refractivity contribution in [3.8, 4) is 5.75 Å². The molecule has 0 aliphatic carbocycles. The number of nitrogens with zero attached hydrogens (tertiary/aromatic N) is 1. The smallest absolute Gasteiger partial charge is 0.247 e. The average molecular weight is 409 g/mol. The van der Waals surface area contributed by atoms with E-state index in [2.05, 4.69) is 23.2 Å². The van der Waals surface area contributed by atoms with Gasteiger partial charge in [0.2, 0.25) is 5.91 Å². The van der Waals surface area contributed by atoms with Gasteiger partial charge >= 0.3 is 0 Å². The molecule has 4 aromatic rings. The average Bonchev–Trinajstić information content (AvgIpc) is 3.21. The second-order valence-corrected chi connectivity index (χ2v) is 7.76. The van der Waals surface area contributed by atoms with Crippen LogP contribution in [0.5, 0.6) is 5.75 Å². The molecule has 0 radical (unpaired) electrons. The Labute approximate surface area is 181 Å². The number of aromatic amines is 1. The molecule has 0 spiro atoms. The van der Waals surface area contributed by atoms with E-state index in [0.717, 1.165) is 34.5 Å². The Morgan fingerprint density at radius 3 is 2.52 bits per heavy atom. The molecule has 0 fully saturated rings. The predicted molar refractivity (Wildman–Crippen MR) is 124 cm³/mol. The van der Waals surface area contributed by atoms with Gasteiger partial charge in [-0.2, -0.15) is 0 Å². The Kier molecular flexibility index (Phi) is 5.04. The van der Waals surface area contributed by atoms with Crippen LogP contribution in [-0.4, -0.2) is 29.4 Å². The van der Waals surface area contributed by atoms with Gasteiger partial charge in [0, 0.05) is 29.2 Å². The number of ether oxygens (including phenoxy) is 1. The van der Waals surface area contributed by atoms with E-state index < -0.39 is 0 Å². The minimum atomic E-state index is -0.171. The van der Waals surface area contributed by atoms with Gasteiger partial charge in [-0.05, 0) is 47.4 Å². The lowest BCUT2D eigenvalue weighted by Gasteiger charge is -2.35. The molecule has 0 saturated carbocycles. The molecule has 0 bridgehead atoms. The van der Waals surface area contributed by atoms with Crippen molar-refractivity contribution >= 4 is 22.9 Å². The number of benzene rings is 3. The van der Waals surface area contributed by atoms with E-state index in [0.29, 0.717) is 6.54 Å². The zero-order valence-electron chi connectivity index (χ0n) is 17.4. The van der Waals surface area contributed by atoms with E-state index in [4.69, 9.17) is 4.74 Å². The van der Waals surface area contributed by atoms with Crippen LogP contribution in [-0.2, 0) is 11.2 Å². The summed E-state index contributed by atoms with van der Waals surface area (Å²) in [5.74, 6) is 0.812. The van der Waals surface area contributed by atoms with Crippen LogP contribution in [0.4, 0.5) is 0 Å². The maximum atomic E-state index is 13.3. The molecule has 1 aliphatic heterocycles. The Morgan fingerprint density at radius 1 is 1.00 bits per heavy atom. The first-order valence-corrected chi connectivity index (χ1v) is 10.5. The van der Waals surface area contributed by atoms with Crippen LogP contribution in [0.2, 0.25) is 0 Å². The fourth-order valence-electron chi connectivity index (χ4n) is 4.44. The summed E-state index contributed by atoms with van der Waals surface area (Å²) < 4.78 is 5.34. The first-order valence-electron chi connectivity index (χ1n) is 10.5. The lowest BCUT2D eigenvalue weighted by atomic mass is 9.92. The third-order valence-electron chi connectivity index (χ3n) is 5.97. The number of aromatic nitrogens is 1. The fraction of sp³-hybridized carbons (Fsp3) is 0.148. The number of para-hydroxylation sites is 1. The van der Waals surface area contributed by atoms with Gasteiger partial charge in [0.15, 0.2) is 0 Å². The first kappa shape index (κ1) is 19.2. The van der Waals surface area contributed by atoms with Crippen molar-refractivity contribution in [2.75, 3.05) is 13.7 Å². The lowest BCUT2D eigenvalue weighted by Crippen LogP contribution is -2.39. The standard InChI is InChI=1S/C27H24N2O2/c1-31-21-14-12-20(13-15-21)27-26-23(22-9-5-6-10-24(22)28-26)17-18-29(27)25(30)16-11-19-7-3-2-4-8-19/h2-16,27-28H,17-18H2,1H3/b16-11+. The van der Waals surface area contributed by atoms with Crippen molar-refractivity contribution in [2.24, 2.45) is 0 Å². The summed E-state index contributed by atoms with van der Waals surface area (Å²) in [6, 6.07) is 26.1. The van der Waals surface area contributed by atoms with Crippen molar-refractivity contribution in [3.05, 3.63) is 107 Å². The largest absolute Gasteiger partial charge is 0.497 e. The molecular formula is C27H24N2O2. The summed E-state index contributed by atoms with van der Waals surface area (Å²) in [5, 5.41) is 1.24. The van der Waals surface area contributed by atoms with Crippen LogP contribution in [0.15, 0.2) is 84.9 Å². The summed E-state index contributed by atoms with van der Waals surface area (Å²) in [4.78, 5) is 18.9. The van der Waals surface area contributed by atoms with E-state index in [1.807, 2.05) is 71.6 Å². The van der Waals surface area contributed by atoms with Gasteiger partial charge in [-0.3, -0.25) is 4.79 Å². The van der Waals surface area contributed by atoms with Gasteiger partial charge in [0.05, 0.1) is 13.2 Å². The molecule has 154 valence electrons. The van der Waals surface area contributed by atoms with Gasteiger partial charge < -0.3 is 14.6 Å². The number of carbonyl (C=O) groups is 1. The zero-order chi connectivity index (χ0) is 21.2. The van der Waals surface area contributed by atoms with Crippen LogP contribution < -0.4 is 4.74 Å². The maximum absolute atomic E-state index is 13.3. The predicted octanol–water partition coefficient (Wildman–Crippen LogP) is 5.36. The van der Waals surface area contributed by atoms with Crippen molar-refractivity contribution in [3.63, 3.8) is 0 Å². The number of rotatable bonds is 4. The summed E-state index contributed by atoms with van der Waals surface area (Å²) in [6.45, 7) is 0.670. The number of fused-ring (bicyclic) bond motifs is 3. The topological polar surface area (TPSA) is 45.3 Å². The van der Waals surface area contributed by atoms with Crippen LogP contribution in [0.3, 0.4) is 0 Å². The molecule has 4 nitrogen and oxygen atoms in total. The molecule has 0 saturated heterocycles. The molecule has 1 atom stereocenters. The van der Waals surface area contributed by atoms with Crippen molar-refractivity contribution in [1.29, 1.82) is 0 Å². The van der Waals surface area contributed by atoms with E-state index in [1.165, 1.54) is 10.9 Å². The Balaban J connectivity index is 1.56. The summed E-state index contributed by atoms with van der Waals surface area (Å²) >= 11 is 0. The van der Waals surface area contributed by atoms with Gasteiger partial charge in [0.1, 0.15) is 5.75 Å². The molecule has 5 rings (SSSR count). The zero-order valence-corrected chi connectivity index (χ0v) is 17.4. The van der Waals surface area contributed by atoms with E-state index in [-0.39, 0.29) is 11.9 Å². The van der Waals surface area contributed by atoms with Crippen molar-refractivity contribution < 1.29 is 9.53 Å². The highest BCUT2D eigenvalue weighted by Crippen LogP contribution is 2.39. The molecule has 1 aromatic heterocycles. The van der Waals surface area contributed by atoms with Crippen LogP contribution >= 0.6 is 0 Å². The Bertz CT molecular complexity index is 1240. The highest BCUT2D eigenvalue weighted by molar-refractivity contribution is 5.93.